The van der Waals surface area contributed by atoms with Gasteiger partial charge in [0.15, 0.2) is 0 Å². The Morgan fingerprint density at radius 3 is 3.06 bits per heavy atom. The Bertz CT molecular complexity index is 450. The standard InChI is InChI=1S/C13H18BrN3O/c1-16-13(18)12-3-2-6-17(12)8-9-4-5-10(14)7-11(9)15/h4-5,7,12H,2-3,6,8,15H2,1H3,(H,16,18). The summed E-state index contributed by atoms with van der Waals surface area (Å²) in [6.07, 6.45) is 1.99. The predicted octanol–water partition coefficient (Wildman–Crippen LogP) is 1.74. The molecule has 1 aliphatic heterocycles. The average molecular weight is 312 g/mol. The largest absolute Gasteiger partial charge is 0.398 e. The smallest absolute Gasteiger partial charge is 0.237 e. The number of nitrogens with zero attached hydrogens (tertiary/aromatic N) is 1. The minimum absolute atomic E-state index is 0.0157. The molecule has 0 bridgehead atoms. The van der Waals surface area contributed by atoms with Crippen molar-refractivity contribution >= 4 is 27.5 Å². The SMILES string of the molecule is CNC(=O)C1CCCN1Cc1ccc(Br)cc1N. The minimum Gasteiger partial charge on any atom is -0.398 e. The van der Waals surface area contributed by atoms with Crippen molar-refractivity contribution < 1.29 is 4.79 Å². The van der Waals surface area contributed by atoms with Crippen molar-refractivity contribution in [2.24, 2.45) is 0 Å². The van der Waals surface area contributed by atoms with Gasteiger partial charge in [-0.3, -0.25) is 9.69 Å². The molecular weight excluding hydrogens is 294 g/mol. The quantitative estimate of drug-likeness (QED) is 0.836. The van der Waals surface area contributed by atoms with Crippen LogP contribution >= 0.6 is 15.9 Å². The van der Waals surface area contributed by atoms with Crippen LogP contribution in [0.15, 0.2) is 22.7 Å². The summed E-state index contributed by atoms with van der Waals surface area (Å²) in [6.45, 7) is 1.69. The second-order valence-electron chi connectivity index (χ2n) is 4.59. The Morgan fingerprint density at radius 1 is 1.61 bits per heavy atom. The highest BCUT2D eigenvalue weighted by Gasteiger charge is 2.30. The molecule has 1 heterocycles. The third kappa shape index (κ3) is 2.84. The van der Waals surface area contributed by atoms with Gasteiger partial charge in [0.2, 0.25) is 5.91 Å². The number of rotatable bonds is 3. The van der Waals surface area contributed by atoms with Crippen molar-refractivity contribution in [1.29, 1.82) is 0 Å². The van der Waals surface area contributed by atoms with Gasteiger partial charge in [0.25, 0.3) is 0 Å². The van der Waals surface area contributed by atoms with Crippen LogP contribution in [0.25, 0.3) is 0 Å². The number of carbonyl (C=O) groups is 1. The van der Waals surface area contributed by atoms with Crippen LogP contribution in [0.3, 0.4) is 0 Å². The van der Waals surface area contributed by atoms with Crippen molar-refractivity contribution in [2.75, 3.05) is 19.3 Å². The number of benzene rings is 1. The lowest BCUT2D eigenvalue weighted by atomic mass is 10.1. The van der Waals surface area contributed by atoms with E-state index in [4.69, 9.17) is 5.73 Å². The zero-order valence-electron chi connectivity index (χ0n) is 10.4. The number of carbonyl (C=O) groups excluding carboxylic acids is 1. The number of hydrogen-bond acceptors (Lipinski definition) is 3. The van der Waals surface area contributed by atoms with Crippen LogP contribution in [0.5, 0.6) is 0 Å². The van der Waals surface area contributed by atoms with E-state index in [1.807, 2.05) is 18.2 Å². The summed E-state index contributed by atoms with van der Waals surface area (Å²) in [7, 11) is 1.69. The summed E-state index contributed by atoms with van der Waals surface area (Å²) >= 11 is 3.40. The molecule has 1 aromatic carbocycles. The van der Waals surface area contributed by atoms with Crippen molar-refractivity contribution in [1.82, 2.24) is 10.2 Å². The highest BCUT2D eigenvalue weighted by molar-refractivity contribution is 9.10. The molecular formula is C13H18BrN3O. The summed E-state index contributed by atoms with van der Waals surface area (Å²) < 4.78 is 0.980. The third-order valence-electron chi connectivity index (χ3n) is 3.39. The maximum absolute atomic E-state index is 11.8. The molecule has 1 atom stereocenters. The van der Waals surface area contributed by atoms with E-state index in [0.29, 0.717) is 0 Å². The van der Waals surface area contributed by atoms with Crippen LogP contribution in [-0.2, 0) is 11.3 Å². The molecule has 0 spiro atoms. The number of amides is 1. The van der Waals surface area contributed by atoms with Gasteiger partial charge in [-0.25, -0.2) is 0 Å². The Balaban J connectivity index is 2.10. The molecule has 98 valence electrons. The van der Waals surface area contributed by atoms with Gasteiger partial charge in [0.05, 0.1) is 6.04 Å². The van der Waals surface area contributed by atoms with Gasteiger partial charge in [0.1, 0.15) is 0 Å². The van der Waals surface area contributed by atoms with Crippen LogP contribution in [0.2, 0.25) is 0 Å². The third-order valence-corrected chi connectivity index (χ3v) is 3.89. The topological polar surface area (TPSA) is 58.4 Å². The summed E-state index contributed by atoms with van der Waals surface area (Å²) in [4.78, 5) is 14.0. The van der Waals surface area contributed by atoms with E-state index in [-0.39, 0.29) is 11.9 Å². The molecule has 0 aromatic heterocycles. The van der Waals surface area contributed by atoms with E-state index >= 15 is 0 Å². The molecule has 0 radical (unpaired) electrons. The lowest BCUT2D eigenvalue weighted by Crippen LogP contribution is -2.41. The first-order valence-corrected chi connectivity index (χ1v) is 6.90. The highest BCUT2D eigenvalue weighted by Crippen LogP contribution is 2.24. The van der Waals surface area contributed by atoms with Gasteiger partial charge in [-0.2, -0.15) is 0 Å². The van der Waals surface area contributed by atoms with Crippen molar-refractivity contribution in [2.45, 2.75) is 25.4 Å². The first-order valence-electron chi connectivity index (χ1n) is 6.11. The Labute approximate surface area is 116 Å². The fourth-order valence-electron chi connectivity index (χ4n) is 2.41. The molecule has 0 saturated carbocycles. The molecule has 0 aliphatic carbocycles. The zero-order valence-corrected chi connectivity index (χ0v) is 12.0. The van der Waals surface area contributed by atoms with Crippen molar-refractivity contribution in [3.05, 3.63) is 28.2 Å². The van der Waals surface area contributed by atoms with Crippen LogP contribution in [0.4, 0.5) is 5.69 Å². The minimum atomic E-state index is -0.0157. The summed E-state index contributed by atoms with van der Waals surface area (Å²) in [5.74, 6) is 0.100. The van der Waals surface area contributed by atoms with E-state index in [2.05, 4.69) is 26.1 Å². The lowest BCUT2D eigenvalue weighted by Gasteiger charge is -2.23. The zero-order chi connectivity index (χ0) is 13.1. The van der Waals surface area contributed by atoms with E-state index in [0.717, 1.165) is 41.7 Å². The lowest BCUT2D eigenvalue weighted by molar-refractivity contribution is -0.125. The van der Waals surface area contributed by atoms with Gasteiger partial charge in [-0.05, 0) is 37.1 Å². The predicted molar refractivity (Wildman–Crippen MR) is 76.1 cm³/mol. The summed E-state index contributed by atoms with van der Waals surface area (Å²) in [5.41, 5.74) is 7.84. The fraction of sp³-hybridized carbons (Fsp3) is 0.462. The maximum atomic E-state index is 11.8. The molecule has 1 aromatic rings. The molecule has 1 unspecified atom stereocenters. The van der Waals surface area contributed by atoms with Gasteiger partial charge in [0, 0.05) is 23.8 Å². The normalized spacial score (nSPS) is 20.0. The van der Waals surface area contributed by atoms with Crippen LogP contribution in [0.1, 0.15) is 18.4 Å². The molecule has 1 aliphatic rings. The average Bonchev–Trinajstić information content (AvgIpc) is 2.80. The monoisotopic (exact) mass is 311 g/mol. The van der Waals surface area contributed by atoms with Gasteiger partial charge >= 0.3 is 0 Å². The molecule has 1 saturated heterocycles. The van der Waals surface area contributed by atoms with Crippen LogP contribution in [0, 0.1) is 0 Å². The molecule has 18 heavy (non-hydrogen) atoms. The number of hydrogen-bond donors (Lipinski definition) is 2. The van der Waals surface area contributed by atoms with Crippen LogP contribution < -0.4 is 11.1 Å². The Morgan fingerprint density at radius 2 is 2.39 bits per heavy atom. The number of halogens is 1. The number of anilines is 1. The van der Waals surface area contributed by atoms with Gasteiger partial charge in [-0.1, -0.05) is 22.0 Å². The fourth-order valence-corrected chi connectivity index (χ4v) is 2.79. The molecule has 1 fully saturated rings. The molecule has 2 rings (SSSR count). The van der Waals surface area contributed by atoms with Crippen molar-refractivity contribution in [3.63, 3.8) is 0 Å². The number of nitrogens with two attached hydrogens (primary N) is 1. The second-order valence-corrected chi connectivity index (χ2v) is 5.50. The van der Waals surface area contributed by atoms with E-state index in [1.165, 1.54) is 0 Å². The number of nitrogen functional groups attached to an aromatic ring is 1. The van der Waals surface area contributed by atoms with Gasteiger partial charge < -0.3 is 11.1 Å². The number of likely N-dealkylation sites (N-methyl/N-ethyl adjacent to an activating group) is 1. The Hall–Kier alpha value is -1.07. The summed E-state index contributed by atoms with van der Waals surface area (Å²) in [6, 6.07) is 5.88. The first kappa shape index (κ1) is 13.4. The van der Waals surface area contributed by atoms with E-state index in [1.54, 1.807) is 7.05 Å². The highest BCUT2D eigenvalue weighted by atomic mass is 79.9. The van der Waals surface area contributed by atoms with Crippen molar-refractivity contribution in [3.8, 4) is 0 Å². The van der Waals surface area contributed by atoms with Gasteiger partial charge in [-0.15, -0.1) is 0 Å². The van der Waals surface area contributed by atoms with E-state index < -0.39 is 0 Å². The maximum Gasteiger partial charge on any atom is 0.237 e. The molecule has 1 amide bonds. The first-order chi connectivity index (χ1) is 8.61. The molecule has 5 heteroatoms. The number of nitrogens with one attached hydrogen (secondary N) is 1. The second kappa shape index (κ2) is 5.71. The Kier molecular flexibility index (Phi) is 4.24. The molecule has 3 N–H and O–H groups in total. The summed E-state index contributed by atoms with van der Waals surface area (Å²) in [5, 5.41) is 2.73. The van der Waals surface area contributed by atoms with Crippen LogP contribution in [-0.4, -0.2) is 30.4 Å². The molecule has 4 nitrogen and oxygen atoms in total. The number of likely N-dealkylation sites (tertiary alicyclic amines) is 1. The van der Waals surface area contributed by atoms with E-state index in [9.17, 15) is 4.79 Å².